The number of nitrogens with zero attached hydrogens (tertiary/aromatic N) is 5. The molecule has 3 aromatic rings. The zero-order valence-corrected chi connectivity index (χ0v) is 24.5. The van der Waals surface area contributed by atoms with Gasteiger partial charge in [-0.15, -0.1) is 0 Å². The molecule has 1 aromatic carbocycles. The molecule has 2 aliphatic heterocycles. The molecule has 2 aromatic heterocycles. The molecule has 2 N–H and O–H groups in total. The SMILES string of the molecule is Cc1c(CN2CCC[C@@H](C#N)C2)n(C(C)C)c2c(Cl)c(-c3nc(N[C@@H]4CCOC[C@H]4O)ncc3Cl)ccc2c1=O. The normalized spacial score (nSPS) is 22.0. The molecule has 0 radical (unpaired) electrons. The number of rotatable bonds is 6. The minimum atomic E-state index is -0.675. The van der Waals surface area contributed by atoms with E-state index in [4.69, 9.17) is 27.9 Å². The molecule has 0 unspecified atom stereocenters. The maximum Gasteiger partial charge on any atom is 0.223 e. The number of hydrogen-bond acceptors (Lipinski definition) is 8. The number of fused-ring (bicyclic) bond motifs is 1. The Balaban J connectivity index is 1.61. The van der Waals surface area contributed by atoms with Crippen LogP contribution in [0.4, 0.5) is 5.95 Å². The molecule has 2 saturated heterocycles. The van der Waals surface area contributed by atoms with Crippen LogP contribution >= 0.6 is 23.2 Å². The molecule has 3 atom stereocenters. The molecule has 0 aliphatic carbocycles. The van der Waals surface area contributed by atoms with Gasteiger partial charge in [-0.1, -0.05) is 29.3 Å². The molecule has 5 rings (SSSR count). The van der Waals surface area contributed by atoms with Crippen LogP contribution in [0.15, 0.2) is 23.1 Å². The Morgan fingerprint density at radius 3 is 2.83 bits per heavy atom. The maximum atomic E-state index is 13.6. The lowest BCUT2D eigenvalue weighted by Gasteiger charge is -2.32. The van der Waals surface area contributed by atoms with E-state index < -0.39 is 6.10 Å². The smallest absolute Gasteiger partial charge is 0.223 e. The highest BCUT2D eigenvalue weighted by Gasteiger charge is 2.27. The van der Waals surface area contributed by atoms with E-state index in [9.17, 15) is 15.2 Å². The number of aliphatic hydroxyl groups excluding tert-OH is 1. The summed E-state index contributed by atoms with van der Waals surface area (Å²) in [7, 11) is 0. The number of ether oxygens (including phenoxy) is 1. The lowest BCUT2D eigenvalue weighted by Crippen LogP contribution is -2.42. The molecule has 0 saturated carbocycles. The van der Waals surface area contributed by atoms with Crippen LogP contribution in [-0.4, -0.2) is 63.0 Å². The number of nitrogens with one attached hydrogen (secondary N) is 1. The summed E-state index contributed by atoms with van der Waals surface area (Å²) < 4.78 is 7.46. The van der Waals surface area contributed by atoms with Crippen molar-refractivity contribution in [3.05, 3.63) is 49.9 Å². The van der Waals surface area contributed by atoms with Crippen LogP contribution in [0, 0.1) is 24.2 Å². The molecular formula is C29H34Cl2N6O3. The third kappa shape index (κ3) is 5.56. The van der Waals surface area contributed by atoms with Crippen molar-refractivity contribution in [3.8, 4) is 17.3 Å². The summed E-state index contributed by atoms with van der Waals surface area (Å²) in [6.07, 6.45) is 3.31. The molecule has 212 valence electrons. The molecular weight excluding hydrogens is 551 g/mol. The second-order valence-corrected chi connectivity index (χ2v) is 11.7. The second kappa shape index (κ2) is 12.0. The lowest BCUT2D eigenvalue weighted by molar-refractivity contribution is -0.0136. The number of aromatic nitrogens is 3. The minimum absolute atomic E-state index is 0.00566. The first kappa shape index (κ1) is 28.8. The van der Waals surface area contributed by atoms with Gasteiger partial charge in [-0.05, 0) is 52.6 Å². The summed E-state index contributed by atoms with van der Waals surface area (Å²) in [5.41, 5.74) is 3.18. The van der Waals surface area contributed by atoms with E-state index in [1.54, 1.807) is 12.1 Å². The van der Waals surface area contributed by atoms with Crippen molar-refractivity contribution < 1.29 is 9.84 Å². The minimum Gasteiger partial charge on any atom is -0.389 e. The van der Waals surface area contributed by atoms with Gasteiger partial charge in [-0.25, -0.2) is 9.97 Å². The largest absolute Gasteiger partial charge is 0.389 e. The molecule has 0 amide bonds. The van der Waals surface area contributed by atoms with Crippen molar-refractivity contribution in [1.82, 2.24) is 19.4 Å². The Morgan fingerprint density at radius 2 is 2.10 bits per heavy atom. The van der Waals surface area contributed by atoms with E-state index in [1.165, 1.54) is 6.20 Å². The third-order valence-corrected chi connectivity index (χ3v) is 8.54. The molecule has 2 aliphatic rings. The second-order valence-electron chi connectivity index (χ2n) is 11.0. The number of anilines is 1. The summed E-state index contributed by atoms with van der Waals surface area (Å²) in [6, 6.07) is 5.73. The summed E-state index contributed by atoms with van der Waals surface area (Å²) in [5, 5.41) is 24.2. The predicted molar refractivity (Wildman–Crippen MR) is 157 cm³/mol. The van der Waals surface area contributed by atoms with Gasteiger partial charge >= 0.3 is 0 Å². The fourth-order valence-corrected chi connectivity index (χ4v) is 6.32. The number of pyridine rings is 1. The number of nitriles is 1. The van der Waals surface area contributed by atoms with Gasteiger partial charge in [0.15, 0.2) is 5.43 Å². The molecule has 2 fully saturated rings. The van der Waals surface area contributed by atoms with E-state index in [0.29, 0.717) is 69.8 Å². The first-order valence-corrected chi connectivity index (χ1v) is 14.5. The van der Waals surface area contributed by atoms with Crippen molar-refractivity contribution >= 4 is 40.1 Å². The predicted octanol–water partition coefficient (Wildman–Crippen LogP) is 4.95. The zero-order valence-electron chi connectivity index (χ0n) is 23.0. The van der Waals surface area contributed by atoms with Crippen LogP contribution < -0.4 is 10.7 Å². The Bertz CT molecular complexity index is 1520. The summed E-state index contributed by atoms with van der Waals surface area (Å²) in [4.78, 5) is 24.9. The van der Waals surface area contributed by atoms with Crippen molar-refractivity contribution in [3.63, 3.8) is 0 Å². The first-order valence-electron chi connectivity index (χ1n) is 13.7. The molecule has 11 heteroatoms. The molecule has 0 bridgehead atoms. The van der Waals surface area contributed by atoms with Gasteiger partial charge in [0.25, 0.3) is 0 Å². The highest BCUT2D eigenvalue weighted by atomic mass is 35.5. The number of hydrogen-bond donors (Lipinski definition) is 2. The van der Waals surface area contributed by atoms with E-state index in [1.807, 2.05) is 6.92 Å². The van der Waals surface area contributed by atoms with Gasteiger partial charge in [0, 0.05) is 47.9 Å². The average Bonchev–Trinajstić information content (AvgIpc) is 2.94. The standard InChI is InChI=1S/C29H34Cl2N6O3/c1-16(2)37-23(14-36-9-4-5-18(11-32)13-36)17(3)28(39)20-7-6-19(25(31)27(20)37)26-21(30)12-33-29(35-26)34-22-8-10-40-15-24(22)38/h6-7,12,16,18,22,24,38H,4-5,8-10,13-15H2,1-3H3,(H,33,34,35)/t18-,22+,24+/m0/s1. The highest BCUT2D eigenvalue weighted by Crippen LogP contribution is 2.38. The Kier molecular flexibility index (Phi) is 8.64. The summed E-state index contributed by atoms with van der Waals surface area (Å²) >= 11 is 13.7. The Morgan fingerprint density at radius 1 is 1.30 bits per heavy atom. The van der Waals surface area contributed by atoms with Gasteiger partial charge in [-0.2, -0.15) is 5.26 Å². The summed E-state index contributed by atoms with van der Waals surface area (Å²) in [5.74, 6) is 0.318. The van der Waals surface area contributed by atoms with Crippen LogP contribution in [-0.2, 0) is 11.3 Å². The monoisotopic (exact) mass is 584 g/mol. The van der Waals surface area contributed by atoms with Crippen LogP contribution in [0.25, 0.3) is 22.2 Å². The number of likely N-dealkylation sites (tertiary alicyclic amines) is 1. The maximum absolute atomic E-state index is 13.6. The van der Waals surface area contributed by atoms with E-state index in [2.05, 4.69) is 44.7 Å². The number of piperidine rings is 1. The molecule has 9 nitrogen and oxygen atoms in total. The summed E-state index contributed by atoms with van der Waals surface area (Å²) in [6.45, 7) is 8.92. The number of halogens is 2. The molecule has 40 heavy (non-hydrogen) atoms. The first-order chi connectivity index (χ1) is 19.2. The lowest BCUT2D eigenvalue weighted by atomic mass is 9.98. The van der Waals surface area contributed by atoms with Gasteiger partial charge in [0.1, 0.15) is 0 Å². The van der Waals surface area contributed by atoms with Gasteiger partial charge in [0.2, 0.25) is 5.95 Å². The third-order valence-electron chi connectivity index (χ3n) is 7.88. The Labute approximate surface area is 243 Å². The topological polar surface area (TPSA) is 116 Å². The quantitative estimate of drug-likeness (QED) is 0.418. The van der Waals surface area contributed by atoms with E-state index >= 15 is 0 Å². The number of benzene rings is 1. The van der Waals surface area contributed by atoms with Crippen LogP contribution in [0.1, 0.15) is 50.4 Å². The number of aliphatic hydroxyl groups is 1. The zero-order chi connectivity index (χ0) is 28.6. The van der Waals surface area contributed by atoms with Crippen molar-refractivity contribution in [2.24, 2.45) is 5.92 Å². The van der Waals surface area contributed by atoms with Gasteiger partial charge in [-0.3, -0.25) is 9.69 Å². The van der Waals surface area contributed by atoms with Crippen molar-refractivity contribution in [2.45, 2.75) is 64.8 Å². The Hall–Kier alpha value is -2.74. The van der Waals surface area contributed by atoms with Crippen molar-refractivity contribution in [1.29, 1.82) is 5.26 Å². The van der Waals surface area contributed by atoms with Crippen LogP contribution in [0.3, 0.4) is 0 Å². The average molecular weight is 586 g/mol. The fraction of sp³-hybridized carbons (Fsp3) is 0.517. The van der Waals surface area contributed by atoms with Gasteiger partial charge in [0.05, 0.1) is 58.2 Å². The molecule has 0 spiro atoms. The van der Waals surface area contributed by atoms with Gasteiger partial charge < -0.3 is 19.7 Å². The van der Waals surface area contributed by atoms with E-state index in [-0.39, 0.29) is 30.0 Å². The fourth-order valence-electron chi connectivity index (χ4n) is 5.78. The van der Waals surface area contributed by atoms with E-state index in [0.717, 1.165) is 25.1 Å². The van der Waals surface area contributed by atoms with Crippen LogP contribution in [0.5, 0.6) is 0 Å². The molecule has 4 heterocycles. The van der Waals surface area contributed by atoms with Crippen LogP contribution in [0.2, 0.25) is 10.0 Å². The highest BCUT2D eigenvalue weighted by molar-refractivity contribution is 6.39. The van der Waals surface area contributed by atoms with Crippen molar-refractivity contribution in [2.75, 3.05) is 31.6 Å².